The van der Waals surface area contributed by atoms with Crippen molar-refractivity contribution in [1.82, 2.24) is 4.98 Å². The van der Waals surface area contributed by atoms with Crippen molar-refractivity contribution in [3.05, 3.63) is 99.3 Å². The maximum Gasteiger partial charge on any atom is 0.243 e. The Bertz CT molecular complexity index is 1520. The van der Waals surface area contributed by atoms with E-state index >= 15 is 0 Å². The number of carbonyl (C=O) groups is 3. The smallest absolute Gasteiger partial charge is 0.243 e. The number of pyridine rings is 1. The summed E-state index contributed by atoms with van der Waals surface area (Å²) < 4.78 is 0. The molecular weight excluding hydrogens is 489 g/mol. The molecule has 3 atom stereocenters. The van der Waals surface area contributed by atoms with Gasteiger partial charge in [-0.1, -0.05) is 53.5 Å². The van der Waals surface area contributed by atoms with Gasteiger partial charge in [0.25, 0.3) is 0 Å². The highest BCUT2D eigenvalue weighted by Crippen LogP contribution is 2.49. The van der Waals surface area contributed by atoms with Crippen molar-refractivity contribution in [2.45, 2.75) is 6.04 Å². The summed E-state index contributed by atoms with van der Waals surface area (Å²) in [5, 5.41) is 11.5. The third-order valence-electron chi connectivity index (χ3n) is 6.55. The van der Waals surface area contributed by atoms with Crippen LogP contribution < -0.4 is 4.90 Å². The van der Waals surface area contributed by atoms with Gasteiger partial charge in [-0.05, 0) is 30.3 Å². The zero-order valence-electron chi connectivity index (χ0n) is 17.9. The minimum absolute atomic E-state index is 0.0650. The Hall–Kier alpha value is -3.81. The van der Waals surface area contributed by atoms with Crippen LogP contribution in [-0.4, -0.2) is 33.4 Å². The van der Waals surface area contributed by atoms with Gasteiger partial charge in [-0.3, -0.25) is 24.4 Å². The molecule has 7 nitrogen and oxygen atoms in total. The summed E-state index contributed by atoms with van der Waals surface area (Å²) >= 11 is 12.4. The number of hydrogen-bond acceptors (Lipinski definition) is 6. The van der Waals surface area contributed by atoms with E-state index in [1.165, 1.54) is 18.2 Å². The van der Waals surface area contributed by atoms with Gasteiger partial charge in [0.15, 0.2) is 5.78 Å². The third-order valence-corrected chi connectivity index (χ3v) is 7.09. The van der Waals surface area contributed by atoms with Gasteiger partial charge in [-0.25, -0.2) is 4.90 Å². The van der Waals surface area contributed by atoms with E-state index in [2.05, 4.69) is 9.98 Å². The second-order valence-electron chi connectivity index (χ2n) is 8.42. The van der Waals surface area contributed by atoms with Crippen molar-refractivity contribution in [3.63, 3.8) is 0 Å². The Kier molecular flexibility index (Phi) is 4.88. The van der Waals surface area contributed by atoms with E-state index in [-0.39, 0.29) is 27.8 Å². The van der Waals surface area contributed by atoms with Gasteiger partial charge in [0.05, 0.1) is 39.5 Å². The number of aliphatic imine (C=N–C) groups is 1. The van der Waals surface area contributed by atoms with Crippen LogP contribution >= 0.6 is 23.2 Å². The minimum Gasteiger partial charge on any atom is -0.506 e. The van der Waals surface area contributed by atoms with Gasteiger partial charge in [0.2, 0.25) is 11.8 Å². The number of aliphatic hydroxyl groups is 1. The molecule has 2 amide bonds. The maximum atomic E-state index is 13.8. The van der Waals surface area contributed by atoms with E-state index in [4.69, 9.17) is 23.2 Å². The average Bonchev–Trinajstić information content (AvgIpc) is 3.45. The number of halogens is 2. The fourth-order valence-electron chi connectivity index (χ4n) is 5.03. The van der Waals surface area contributed by atoms with Gasteiger partial charge in [-0.15, -0.1) is 0 Å². The number of allylic oxidation sites excluding steroid dienone is 1. The molecule has 35 heavy (non-hydrogen) atoms. The molecule has 9 heteroatoms. The van der Waals surface area contributed by atoms with Crippen LogP contribution in [-0.2, 0) is 9.59 Å². The van der Waals surface area contributed by atoms with Crippen molar-refractivity contribution in [3.8, 4) is 0 Å². The molecule has 3 aromatic rings. The Morgan fingerprint density at radius 2 is 1.63 bits per heavy atom. The van der Waals surface area contributed by atoms with E-state index in [1.54, 1.807) is 48.7 Å². The summed E-state index contributed by atoms with van der Waals surface area (Å²) in [6.07, 6.45) is 1.57. The number of fused-ring (bicyclic) bond motifs is 2. The summed E-state index contributed by atoms with van der Waals surface area (Å²) in [7, 11) is 0. The van der Waals surface area contributed by atoms with Crippen LogP contribution in [0.2, 0.25) is 10.0 Å². The van der Waals surface area contributed by atoms with Crippen LogP contribution in [0, 0.1) is 11.8 Å². The first kappa shape index (κ1) is 21.7. The molecule has 0 radical (unpaired) electrons. The molecule has 3 heterocycles. The first-order valence-corrected chi connectivity index (χ1v) is 11.5. The number of carbonyl (C=O) groups excluding carboxylic acids is 3. The number of ketones is 1. The van der Waals surface area contributed by atoms with Crippen LogP contribution in [0.3, 0.4) is 0 Å². The Morgan fingerprint density at radius 1 is 0.886 bits per heavy atom. The van der Waals surface area contributed by atoms with Gasteiger partial charge in [-0.2, -0.15) is 0 Å². The normalized spacial score (nSPS) is 23.1. The van der Waals surface area contributed by atoms with Crippen LogP contribution in [0.4, 0.5) is 5.69 Å². The molecule has 1 aromatic heterocycles. The standard InChI is InChI=1S/C26H15Cl2N3O4/c27-12-8-9-17(15(28)11-12)31-25(34)18-19(26(31)35)22(30-21(18)16-7-3-4-10-29-16)20-23(32)13-5-1-2-6-14(13)24(20)33/h1-11,18-19,21,32H/t18-,19+,21-/m1/s1. The van der Waals surface area contributed by atoms with Crippen molar-refractivity contribution >= 4 is 58.0 Å². The van der Waals surface area contributed by atoms with Crippen molar-refractivity contribution in [1.29, 1.82) is 0 Å². The van der Waals surface area contributed by atoms with Crippen molar-refractivity contribution < 1.29 is 19.5 Å². The van der Waals surface area contributed by atoms with Gasteiger partial charge < -0.3 is 5.11 Å². The molecule has 1 fully saturated rings. The fraction of sp³-hybridized carbons (Fsp3) is 0.115. The Morgan fingerprint density at radius 3 is 2.31 bits per heavy atom. The number of aliphatic hydroxyl groups excluding tert-OH is 1. The Balaban J connectivity index is 1.52. The zero-order chi connectivity index (χ0) is 24.4. The molecule has 3 aliphatic rings. The highest BCUT2D eigenvalue weighted by molar-refractivity contribution is 6.44. The number of imide groups is 1. The number of benzene rings is 2. The lowest BCUT2D eigenvalue weighted by Crippen LogP contribution is -2.34. The molecule has 2 aromatic carbocycles. The van der Waals surface area contributed by atoms with Crippen LogP contribution in [0.25, 0.3) is 5.76 Å². The van der Waals surface area contributed by atoms with Crippen LogP contribution in [0.5, 0.6) is 0 Å². The number of rotatable bonds is 3. The third kappa shape index (κ3) is 3.08. The maximum absolute atomic E-state index is 13.8. The molecule has 1 aliphatic carbocycles. The number of amides is 2. The van der Waals surface area contributed by atoms with Gasteiger partial charge in [0.1, 0.15) is 11.8 Å². The van der Waals surface area contributed by atoms with E-state index in [9.17, 15) is 19.5 Å². The molecule has 2 aliphatic heterocycles. The largest absolute Gasteiger partial charge is 0.506 e. The van der Waals surface area contributed by atoms with Gasteiger partial charge in [0, 0.05) is 22.3 Å². The lowest BCUT2D eigenvalue weighted by molar-refractivity contribution is -0.122. The number of anilines is 1. The lowest BCUT2D eigenvalue weighted by Gasteiger charge is -2.19. The number of Topliss-reactive ketones (excluding diaryl/α,β-unsaturated/α-hetero) is 1. The van der Waals surface area contributed by atoms with E-state index < -0.39 is 35.5 Å². The SMILES string of the molecule is O=C1C(C2=N[C@H](c3ccccn3)[C@@H]3C(=O)N(c4ccc(Cl)cc4Cl)C(=O)[C@H]23)=C(O)c2ccccc21. The molecule has 172 valence electrons. The number of nitrogens with zero attached hydrogens (tertiary/aromatic N) is 3. The summed E-state index contributed by atoms with van der Waals surface area (Å²) in [6, 6.07) is 15.5. The topological polar surface area (TPSA) is 99.9 Å². The first-order valence-electron chi connectivity index (χ1n) is 10.8. The summed E-state index contributed by atoms with van der Waals surface area (Å²) in [5.41, 5.74) is 1.36. The molecule has 0 unspecified atom stereocenters. The summed E-state index contributed by atoms with van der Waals surface area (Å²) in [6.45, 7) is 0. The number of hydrogen-bond donors (Lipinski definition) is 1. The molecule has 1 saturated heterocycles. The predicted octanol–water partition coefficient (Wildman–Crippen LogP) is 4.86. The van der Waals surface area contributed by atoms with Crippen LogP contribution in [0.15, 0.2) is 77.4 Å². The molecule has 6 rings (SSSR count). The van der Waals surface area contributed by atoms with Crippen molar-refractivity contribution in [2.75, 3.05) is 4.90 Å². The first-order chi connectivity index (χ1) is 16.9. The van der Waals surface area contributed by atoms with Crippen LogP contribution in [0.1, 0.15) is 27.7 Å². The molecular formula is C26H15Cl2N3O4. The molecule has 0 bridgehead atoms. The second-order valence-corrected chi connectivity index (χ2v) is 9.27. The second kappa shape index (κ2) is 7.86. The number of aromatic nitrogens is 1. The van der Waals surface area contributed by atoms with Crippen molar-refractivity contribution in [2.24, 2.45) is 16.8 Å². The average molecular weight is 504 g/mol. The van der Waals surface area contributed by atoms with E-state index in [0.29, 0.717) is 21.8 Å². The summed E-state index contributed by atoms with van der Waals surface area (Å²) in [4.78, 5) is 50.8. The highest BCUT2D eigenvalue weighted by Gasteiger charge is 2.60. The van der Waals surface area contributed by atoms with Gasteiger partial charge >= 0.3 is 0 Å². The fourth-order valence-corrected chi connectivity index (χ4v) is 5.52. The highest BCUT2D eigenvalue weighted by atomic mass is 35.5. The van der Waals surface area contributed by atoms with E-state index in [1.807, 2.05) is 0 Å². The summed E-state index contributed by atoms with van der Waals surface area (Å²) in [5.74, 6) is -3.83. The Labute approximate surface area is 209 Å². The molecule has 0 spiro atoms. The lowest BCUT2D eigenvalue weighted by atomic mass is 9.84. The zero-order valence-corrected chi connectivity index (χ0v) is 19.4. The molecule has 0 saturated carbocycles. The monoisotopic (exact) mass is 503 g/mol. The van der Waals surface area contributed by atoms with E-state index in [0.717, 1.165) is 4.90 Å². The predicted molar refractivity (Wildman–Crippen MR) is 131 cm³/mol. The minimum atomic E-state index is -1.09. The molecule has 1 N–H and O–H groups in total. The quantitative estimate of drug-likeness (QED) is 0.514.